The summed E-state index contributed by atoms with van der Waals surface area (Å²) < 4.78 is 1.68. The van der Waals surface area contributed by atoms with Gasteiger partial charge in [0.05, 0.1) is 5.69 Å². The summed E-state index contributed by atoms with van der Waals surface area (Å²) in [6.45, 7) is 1.98. The smallest absolute Gasteiger partial charge is 0.375 e. The number of rotatable bonds is 3. The van der Waals surface area contributed by atoms with Crippen LogP contribution in [0.1, 0.15) is 40.8 Å². The van der Waals surface area contributed by atoms with Gasteiger partial charge in [-0.25, -0.2) is 14.5 Å². The van der Waals surface area contributed by atoms with E-state index in [1.807, 2.05) is 31.2 Å². The van der Waals surface area contributed by atoms with E-state index in [1.165, 1.54) is 0 Å². The number of hydrogen-bond acceptors (Lipinski definition) is 3. The van der Waals surface area contributed by atoms with E-state index in [2.05, 4.69) is 10.1 Å². The lowest BCUT2D eigenvalue weighted by atomic mass is 10.2. The lowest BCUT2D eigenvalue weighted by Gasteiger charge is -2.07. The van der Waals surface area contributed by atoms with Crippen LogP contribution in [-0.2, 0) is 0 Å². The van der Waals surface area contributed by atoms with Crippen molar-refractivity contribution in [1.29, 1.82) is 0 Å². The molecule has 1 aliphatic carbocycles. The molecule has 5 nitrogen and oxygen atoms in total. The Hall–Kier alpha value is -2.17. The van der Waals surface area contributed by atoms with Crippen molar-refractivity contribution in [2.45, 2.75) is 25.7 Å². The third kappa shape index (κ3) is 1.77. The highest BCUT2D eigenvalue weighted by Crippen LogP contribution is 2.39. The Morgan fingerprint density at radius 3 is 2.72 bits per heavy atom. The summed E-state index contributed by atoms with van der Waals surface area (Å²) in [5.41, 5.74) is 1.96. The van der Waals surface area contributed by atoms with Crippen molar-refractivity contribution in [2.75, 3.05) is 0 Å². The molecule has 1 N–H and O–H groups in total. The van der Waals surface area contributed by atoms with Crippen molar-refractivity contribution < 1.29 is 9.90 Å². The van der Waals surface area contributed by atoms with Crippen LogP contribution in [0.3, 0.4) is 0 Å². The van der Waals surface area contributed by atoms with E-state index in [1.54, 1.807) is 4.68 Å². The summed E-state index contributed by atoms with van der Waals surface area (Å²) in [4.78, 5) is 15.1. The second-order valence-corrected chi connectivity index (χ2v) is 4.57. The Morgan fingerprint density at radius 1 is 1.39 bits per heavy atom. The second-order valence-electron chi connectivity index (χ2n) is 4.57. The quantitative estimate of drug-likeness (QED) is 0.896. The Labute approximate surface area is 104 Å². The number of benzene rings is 1. The standard InChI is InChI=1S/C13H13N3O2/c1-8-4-2-3-5-10(8)16-12(9-6-7-9)14-11(15-16)13(17)18/h2-5,9H,6-7H2,1H3,(H,17,18). The van der Waals surface area contributed by atoms with Gasteiger partial charge in [-0.05, 0) is 31.4 Å². The molecule has 0 atom stereocenters. The van der Waals surface area contributed by atoms with Crippen molar-refractivity contribution in [3.63, 3.8) is 0 Å². The van der Waals surface area contributed by atoms with Crippen LogP contribution in [0.15, 0.2) is 24.3 Å². The number of carbonyl (C=O) groups is 1. The maximum Gasteiger partial charge on any atom is 0.375 e. The number of carboxylic acids is 1. The fraction of sp³-hybridized carbons (Fsp3) is 0.308. The molecule has 1 fully saturated rings. The normalized spacial score (nSPS) is 14.7. The molecule has 0 unspecified atom stereocenters. The van der Waals surface area contributed by atoms with E-state index in [-0.39, 0.29) is 5.82 Å². The number of para-hydroxylation sites is 1. The van der Waals surface area contributed by atoms with E-state index in [4.69, 9.17) is 5.11 Å². The Balaban J connectivity index is 2.15. The topological polar surface area (TPSA) is 68.0 Å². The third-order valence-electron chi connectivity index (χ3n) is 3.11. The van der Waals surface area contributed by atoms with Gasteiger partial charge >= 0.3 is 5.97 Å². The molecule has 1 heterocycles. The van der Waals surface area contributed by atoms with Crippen molar-refractivity contribution >= 4 is 5.97 Å². The van der Waals surface area contributed by atoms with Crippen LogP contribution in [0.2, 0.25) is 0 Å². The van der Waals surface area contributed by atoms with Crippen molar-refractivity contribution in [3.8, 4) is 5.69 Å². The van der Waals surface area contributed by atoms with Crippen LogP contribution in [0, 0.1) is 6.92 Å². The molecule has 1 aromatic carbocycles. The SMILES string of the molecule is Cc1ccccc1-n1nc(C(=O)O)nc1C1CC1. The minimum atomic E-state index is -1.08. The van der Waals surface area contributed by atoms with Crippen LogP contribution in [-0.4, -0.2) is 25.8 Å². The molecular formula is C13H13N3O2. The average molecular weight is 243 g/mol. The largest absolute Gasteiger partial charge is 0.475 e. The summed E-state index contributed by atoms with van der Waals surface area (Å²) in [5.74, 6) is -0.0868. The van der Waals surface area contributed by atoms with E-state index in [9.17, 15) is 4.79 Å². The molecule has 3 rings (SSSR count). The number of aromatic nitrogens is 3. The fourth-order valence-electron chi connectivity index (χ4n) is 2.00. The summed E-state index contributed by atoms with van der Waals surface area (Å²) in [7, 11) is 0. The van der Waals surface area contributed by atoms with Gasteiger partial charge in [0.1, 0.15) is 5.82 Å². The molecular weight excluding hydrogens is 230 g/mol. The second kappa shape index (κ2) is 3.94. The molecule has 0 radical (unpaired) electrons. The molecule has 1 aliphatic rings. The van der Waals surface area contributed by atoms with Crippen LogP contribution < -0.4 is 0 Å². The van der Waals surface area contributed by atoms with Gasteiger partial charge in [0.15, 0.2) is 0 Å². The van der Waals surface area contributed by atoms with E-state index >= 15 is 0 Å². The molecule has 1 saturated carbocycles. The molecule has 2 aromatic rings. The Kier molecular flexibility index (Phi) is 2.40. The summed E-state index contributed by atoms with van der Waals surface area (Å²) in [6.07, 6.45) is 2.12. The minimum Gasteiger partial charge on any atom is -0.475 e. The van der Waals surface area contributed by atoms with Gasteiger partial charge in [0.2, 0.25) is 0 Å². The fourth-order valence-corrected chi connectivity index (χ4v) is 2.00. The first-order chi connectivity index (χ1) is 8.66. The number of carboxylic acid groups (broad SMARTS) is 1. The summed E-state index contributed by atoms with van der Waals surface area (Å²) in [6, 6.07) is 7.78. The molecule has 0 bridgehead atoms. The number of aromatic carboxylic acids is 1. The monoisotopic (exact) mass is 243 g/mol. The number of aryl methyl sites for hydroxylation is 1. The highest BCUT2D eigenvalue weighted by Gasteiger charge is 2.31. The minimum absolute atomic E-state index is 0.125. The van der Waals surface area contributed by atoms with Gasteiger partial charge in [-0.1, -0.05) is 18.2 Å². The van der Waals surface area contributed by atoms with Crippen molar-refractivity contribution in [2.24, 2.45) is 0 Å². The predicted molar refractivity (Wildman–Crippen MR) is 65.0 cm³/mol. The van der Waals surface area contributed by atoms with Crippen LogP contribution in [0.5, 0.6) is 0 Å². The van der Waals surface area contributed by atoms with Gasteiger partial charge in [-0.15, -0.1) is 5.10 Å². The van der Waals surface area contributed by atoms with Gasteiger partial charge in [0.25, 0.3) is 5.82 Å². The summed E-state index contributed by atoms with van der Waals surface area (Å²) >= 11 is 0. The molecule has 1 aromatic heterocycles. The number of hydrogen-bond donors (Lipinski definition) is 1. The van der Waals surface area contributed by atoms with Crippen molar-refractivity contribution in [1.82, 2.24) is 14.8 Å². The van der Waals surface area contributed by atoms with E-state index < -0.39 is 5.97 Å². The molecule has 18 heavy (non-hydrogen) atoms. The number of nitrogens with zero attached hydrogens (tertiary/aromatic N) is 3. The van der Waals surface area contributed by atoms with Crippen LogP contribution in [0.4, 0.5) is 0 Å². The zero-order valence-electron chi connectivity index (χ0n) is 10.00. The van der Waals surface area contributed by atoms with Crippen LogP contribution >= 0.6 is 0 Å². The highest BCUT2D eigenvalue weighted by atomic mass is 16.4. The maximum absolute atomic E-state index is 11.0. The predicted octanol–water partition coefficient (Wildman–Crippen LogP) is 2.15. The van der Waals surface area contributed by atoms with Crippen molar-refractivity contribution in [3.05, 3.63) is 41.5 Å². The van der Waals surface area contributed by atoms with Gasteiger partial charge < -0.3 is 5.11 Å². The molecule has 5 heteroatoms. The van der Waals surface area contributed by atoms with E-state index in [0.29, 0.717) is 5.92 Å². The highest BCUT2D eigenvalue weighted by molar-refractivity contribution is 5.83. The molecule has 92 valence electrons. The van der Waals surface area contributed by atoms with Gasteiger partial charge in [0, 0.05) is 5.92 Å². The summed E-state index contributed by atoms with van der Waals surface area (Å²) in [5, 5.41) is 13.1. The average Bonchev–Trinajstić information content (AvgIpc) is 3.09. The van der Waals surface area contributed by atoms with Gasteiger partial charge in [-0.3, -0.25) is 0 Å². The molecule has 0 amide bonds. The zero-order chi connectivity index (χ0) is 12.7. The zero-order valence-corrected chi connectivity index (χ0v) is 10.00. The van der Waals surface area contributed by atoms with E-state index in [0.717, 1.165) is 29.9 Å². The molecule has 0 aliphatic heterocycles. The maximum atomic E-state index is 11.0. The first-order valence-corrected chi connectivity index (χ1v) is 5.93. The Morgan fingerprint density at radius 2 is 2.11 bits per heavy atom. The molecule has 0 saturated heterocycles. The molecule has 0 spiro atoms. The third-order valence-corrected chi connectivity index (χ3v) is 3.11. The first kappa shape index (κ1) is 11.0. The first-order valence-electron chi connectivity index (χ1n) is 5.93. The Bertz CT molecular complexity index is 614. The lowest BCUT2D eigenvalue weighted by Crippen LogP contribution is -2.04. The van der Waals surface area contributed by atoms with Gasteiger partial charge in [-0.2, -0.15) is 0 Å². The van der Waals surface area contributed by atoms with Crippen LogP contribution in [0.25, 0.3) is 5.69 Å². The lowest BCUT2D eigenvalue weighted by molar-refractivity contribution is 0.0683.